The molecular formula is C12H16BrNO2. The van der Waals surface area contributed by atoms with Gasteiger partial charge in [0.15, 0.2) is 10.4 Å². The van der Waals surface area contributed by atoms with Gasteiger partial charge < -0.3 is 9.32 Å². The van der Waals surface area contributed by atoms with Gasteiger partial charge in [0, 0.05) is 12.1 Å². The Morgan fingerprint density at radius 3 is 2.50 bits per heavy atom. The molecule has 1 fully saturated rings. The van der Waals surface area contributed by atoms with Crippen LogP contribution in [0, 0.1) is 0 Å². The van der Waals surface area contributed by atoms with E-state index >= 15 is 0 Å². The van der Waals surface area contributed by atoms with Crippen LogP contribution >= 0.6 is 15.9 Å². The minimum Gasteiger partial charge on any atom is -0.444 e. The van der Waals surface area contributed by atoms with Gasteiger partial charge >= 0.3 is 0 Å². The molecule has 0 saturated carbocycles. The molecule has 0 bridgehead atoms. The summed E-state index contributed by atoms with van der Waals surface area (Å²) in [5.74, 6) is 0.429. The molecule has 0 N–H and O–H groups in total. The summed E-state index contributed by atoms with van der Waals surface area (Å²) in [7, 11) is 0. The fourth-order valence-corrected chi connectivity index (χ4v) is 2.68. The molecule has 1 aromatic rings. The van der Waals surface area contributed by atoms with Crippen LogP contribution in [0.5, 0.6) is 0 Å². The van der Waals surface area contributed by atoms with E-state index in [1.165, 1.54) is 6.42 Å². The van der Waals surface area contributed by atoms with Crippen molar-refractivity contribution in [2.45, 2.75) is 45.2 Å². The third kappa shape index (κ3) is 2.17. The van der Waals surface area contributed by atoms with Crippen LogP contribution in [0.1, 0.15) is 43.7 Å². The SMILES string of the molecule is C[C@@H]1CCC[C@H](C)N1C(=O)c1ccc(Br)o1. The highest BCUT2D eigenvalue weighted by Crippen LogP contribution is 2.25. The lowest BCUT2D eigenvalue weighted by Gasteiger charge is -2.38. The summed E-state index contributed by atoms with van der Waals surface area (Å²) < 4.78 is 5.93. The van der Waals surface area contributed by atoms with E-state index in [0.29, 0.717) is 22.5 Å². The maximum atomic E-state index is 12.2. The van der Waals surface area contributed by atoms with Gasteiger partial charge in [0.05, 0.1) is 0 Å². The second kappa shape index (κ2) is 4.62. The van der Waals surface area contributed by atoms with Crippen LogP contribution in [0.2, 0.25) is 0 Å². The van der Waals surface area contributed by atoms with E-state index in [0.717, 1.165) is 12.8 Å². The summed E-state index contributed by atoms with van der Waals surface area (Å²) in [4.78, 5) is 14.2. The van der Waals surface area contributed by atoms with Gasteiger partial charge in [-0.05, 0) is 61.2 Å². The molecule has 0 spiro atoms. The number of piperidine rings is 1. The van der Waals surface area contributed by atoms with Gasteiger partial charge in [-0.15, -0.1) is 0 Å². The van der Waals surface area contributed by atoms with Gasteiger partial charge in [0.2, 0.25) is 0 Å². The number of carbonyl (C=O) groups is 1. The van der Waals surface area contributed by atoms with E-state index in [-0.39, 0.29) is 5.91 Å². The Balaban J connectivity index is 2.19. The summed E-state index contributed by atoms with van der Waals surface area (Å²) in [6, 6.07) is 4.09. The van der Waals surface area contributed by atoms with Gasteiger partial charge in [0.1, 0.15) is 0 Å². The van der Waals surface area contributed by atoms with Crippen LogP contribution in [0.3, 0.4) is 0 Å². The van der Waals surface area contributed by atoms with E-state index in [1.54, 1.807) is 12.1 Å². The zero-order valence-electron chi connectivity index (χ0n) is 9.57. The maximum Gasteiger partial charge on any atom is 0.290 e. The van der Waals surface area contributed by atoms with Crippen molar-refractivity contribution in [3.05, 3.63) is 22.6 Å². The largest absolute Gasteiger partial charge is 0.444 e. The number of carbonyl (C=O) groups excluding carboxylic acids is 1. The lowest BCUT2D eigenvalue weighted by Crippen LogP contribution is -2.47. The summed E-state index contributed by atoms with van der Waals surface area (Å²) in [5, 5.41) is 0. The zero-order chi connectivity index (χ0) is 11.7. The molecule has 1 aliphatic rings. The Morgan fingerprint density at radius 1 is 1.38 bits per heavy atom. The Labute approximate surface area is 104 Å². The summed E-state index contributed by atoms with van der Waals surface area (Å²) in [5.41, 5.74) is 0. The third-order valence-corrected chi connectivity index (χ3v) is 3.64. The first-order valence-electron chi connectivity index (χ1n) is 5.67. The number of likely N-dealkylation sites (tertiary alicyclic amines) is 1. The smallest absolute Gasteiger partial charge is 0.290 e. The number of halogens is 1. The molecule has 3 nitrogen and oxygen atoms in total. The predicted octanol–water partition coefficient (Wildman–Crippen LogP) is 3.45. The van der Waals surface area contributed by atoms with Gasteiger partial charge in [-0.3, -0.25) is 4.79 Å². The van der Waals surface area contributed by atoms with E-state index in [1.807, 2.05) is 4.90 Å². The topological polar surface area (TPSA) is 33.5 Å². The molecule has 2 rings (SSSR count). The molecule has 16 heavy (non-hydrogen) atoms. The first-order chi connectivity index (χ1) is 7.59. The zero-order valence-corrected chi connectivity index (χ0v) is 11.2. The average Bonchev–Trinajstić information content (AvgIpc) is 2.64. The number of nitrogens with zero attached hydrogens (tertiary/aromatic N) is 1. The number of hydrogen-bond donors (Lipinski definition) is 0. The molecule has 2 heterocycles. The number of furan rings is 1. The molecule has 1 amide bonds. The normalized spacial score (nSPS) is 25.8. The van der Waals surface area contributed by atoms with E-state index in [4.69, 9.17) is 4.42 Å². The van der Waals surface area contributed by atoms with E-state index in [2.05, 4.69) is 29.8 Å². The molecule has 0 unspecified atom stereocenters. The van der Waals surface area contributed by atoms with Crippen molar-refractivity contribution in [2.75, 3.05) is 0 Å². The molecule has 88 valence electrons. The molecular weight excluding hydrogens is 270 g/mol. The maximum absolute atomic E-state index is 12.2. The monoisotopic (exact) mass is 285 g/mol. The molecule has 0 radical (unpaired) electrons. The van der Waals surface area contributed by atoms with Gasteiger partial charge in [-0.2, -0.15) is 0 Å². The fourth-order valence-electron chi connectivity index (χ4n) is 2.38. The second-order valence-electron chi connectivity index (χ2n) is 4.45. The van der Waals surface area contributed by atoms with Crippen molar-refractivity contribution in [3.8, 4) is 0 Å². The molecule has 2 atom stereocenters. The molecule has 1 aliphatic heterocycles. The number of hydrogen-bond acceptors (Lipinski definition) is 2. The molecule has 1 aromatic heterocycles. The summed E-state index contributed by atoms with van der Waals surface area (Å²) in [6.07, 6.45) is 3.36. The first kappa shape index (κ1) is 11.7. The Hall–Kier alpha value is -0.770. The van der Waals surface area contributed by atoms with E-state index < -0.39 is 0 Å². The highest BCUT2D eigenvalue weighted by Gasteiger charge is 2.31. The van der Waals surface area contributed by atoms with E-state index in [9.17, 15) is 4.79 Å². The highest BCUT2D eigenvalue weighted by atomic mass is 79.9. The van der Waals surface area contributed by atoms with Gasteiger partial charge in [0.25, 0.3) is 5.91 Å². The average molecular weight is 286 g/mol. The van der Waals surface area contributed by atoms with Crippen LogP contribution in [-0.2, 0) is 0 Å². The molecule has 1 saturated heterocycles. The lowest BCUT2D eigenvalue weighted by molar-refractivity contribution is 0.0477. The van der Waals surface area contributed by atoms with Gasteiger partial charge in [-0.25, -0.2) is 0 Å². The quantitative estimate of drug-likeness (QED) is 0.792. The van der Waals surface area contributed by atoms with Crippen molar-refractivity contribution in [1.29, 1.82) is 0 Å². The minimum absolute atomic E-state index is 0.00500. The Kier molecular flexibility index (Phi) is 3.38. The molecule has 0 aliphatic carbocycles. The van der Waals surface area contributed by atoms with Crippen LogP contribution in [0.4, 0.5) is 0 Å². The molecule has 4 heteroatoms. The van der Waals surface area contributed by atoms with Crippen molar-refractivity contribution >= 4 is 21.8 Å². The fraction of sp³-hybridized carbons (Fsp3) is 0.583. The number of rotatable bonds is 1. The first-order valence-corrected chi connectivity index (χ1v) is 6.47. The summed E-state index contributed by atoms with van der Waals surface area (Å²) >= 11 is 3.22. The highest BCUT2D eigenvalue weighted by molar-refractivity contribution is 9.10. The van der Waals surface area contributed by atoms with Gasteiger partial charge in [-0.1, -0.05) is 0 Å². The third-order valence-electron chi connectivity index (χ3n) is 3.21. The Bertz CT molecular complexity index is 378. The van der Waals surface area contributed by atoms with Crippen molar-refractivity contribution < 1.29 is 9.21 Å². The van der Waals surface area contributed by atoms with Crippen molar-refractivity contribution in [3.63, 3.8) is 0 Å². The van der Waals surface area contributed by atoms with Crippen LogP contribution in [0.15, 0.2) is 21.2 Å². The second-order valence-corrected chi connectivity index (χ2v) is 5.23. The number of amides is 1. The standard InChI is InChI=1S/C12H16BrNO2/c1-8-4-3-5-9(2)14(8)12(15)10-6-7-11(13)16-10/h6-9H,3-5H2,1-2H3/t8-,9+. The van der Waals surface area contributed by atoms with Crippen molar-refractivity contribution in [2.24, 2.45) is 0 Å². The summed E-state index contributed by atoms with van der Waals surface area (Å²) in [6.45, 7) is 4.21. The lowest BCUT2D eigenvalue weighted by atomic mass is 9.97. The van der Waals surface area contributed by atoms with Crippen LogP contribution in [-0.4, -0.2) is 22.9 Å². The van der Waals surface area contributed by atoms with Crippen LogP contribution in [0.25, 0.3) is 0 Å². The minimum atomic E-state index is 0.00500. The predicted molar refractivity (Wildman–Crippen MR) is 65.4 cm³/mol. The van der Waals surface area contributed by atoms with Crippen molar-refractivity contribution in [1.82, 2.24) is 4.90 Å². The molecule has 0 aromatic carbocycles. The van der Waals surface area contributed by atoms with Crippen LogP contribution < -0.4 is 0 Å². The Morgan fingerprint density at radius 2 is 2.00 bits per heavy atom.